The number of aromatic nitrogens is 2. The third-order valence-corrected chi connectivity index (χ3v) is 4.71. The first-order valence-electron chi connectivity index (χ1n) is 10.5. The van der Waals surface area contributed by atoms with Crippen molar-refractivity contribution in [1.29, 1.82) is 0 Å². The summed E-state index contributed by atoms with van der Waals surface area (Å²) in [7, 11) is 0. The molecule has 0 amide bonds. The summed E-state index contributed by atoms with van der Waals surface area (Å²) < 4.78 is 11.3. The van der Waals surface area contributed by atoms with Gasteiger partial charge in [-0.05, 0) is 44.7 Å². The molecule has 0 aliphatic carbocycles. The first kappa shape index (κ1) is 23.9. The quantitative estimate of drug-likeness (QED) is 0.185. The van der Waals surface area contributed by atoms with Crippen LogP contribution in [0.4, 0.5) is 0 Å². The normalized spacial score (nSPS) is 16.7. The van der Waals surface area contributed by atoms with Gasteiger partial charge in [-0.2, -0.15) is 0 Å². The highest BCUT2D eigenvalue weighted by Crippen LogP contribution is 2.12. The van der Waals surface area contributed by atoms with Gasteiger partial charge in [0.25, 0.3) is 0 Å². The van der Waals surface area contributed by atoms with Crippen molar-refractivity contribution in [2.45, 2.75) is 45.1 Å². The van der Waals surface area contributed by atoms with Crippen molar-refractivity contribution in [2.24, 2.45) is 4.99 Å². The molecule has 29 heavy (non-hydrogen) atoms. The number of ether oxygens (including phenoxy) is 2. The molecule has 8 heteroatoms. The fraction of sp³-hybridized carbons (Fsp3) is 0.619. The van der Waals surface area contributed by atoms with Gasteiger partial charge in [0.1, 0.15) is 5.82 Å². The average molecular weight is 515 g/mol. The monoisotopic (exact) mass is 515 g/mol. The van der Waals surface area contributed by atoms with Gasteiger partial charge < -0.3 is 25.1 Å². The molecule has 2 heterocycles. The Balaban J connectivity index is 0.00000300. The van der Waals surface area contributed by atoms with Crippen molar-refractivity contribution in [3.8, 4) is 0 Å². The average Bonchev–Trinajstić information content (AvgIpc) is 3.36. The van der Waals surface area contributed by atoms with Crippen LogP contribution in [0.2, 0.25) is 0 Å². The Labute approximate surface area is 190 Å². The number of imidazole rings is 1. The summed E-state index contributed by atoms with van der Waals surface area (Å²) >= 11 is 0. The number of aryl methyl sites for hydroxylation is 1. The second-order valence-electron chi connectivity index (χ2n) is 7.06. The van der Waals surface area contributed by atoms with Crippen molar-refractivity contribution in [2.75, 3.05) is 39.5 Å². The van der Waals surface area contributed by atoms with Crippen molar-refractivity contribution < 1.29 is 9.47 Å². The fourth-order valence-electron chi connectivity index (χ4n) is 3.27. The molecule has 1 saturated heterocycles. The van der Waals surface area contributed by atoms with E-state index in [9.17, 15) is 0 Å². The van der Waals surface area contributed by atoms with E-state index in [0.717, 1.165) is 94.4 Å². The number of nitrogens with one attached hydrogen (secondary N) is 3. The predicted octanol–water partition coefficient (Wildman–Crippen LogP) is 3.25. The molecule has 1 aromatic heterocycles. The number of guanidine groups is 1. The molecule has 1 unspecified atom stereocenters. The number of halogens is 1. The van der Waals surface area contributed by atoms with Crippen LogP contribution < -0.4 is 10.6 Å². The summed E-state index contributed by atoms with van der Waals surface area (Å²) in [5, 5.41) is 6.67. The van der Waals surface area contributed by atoms with Crippen molar-refractivity contribution in [1.82, 2.24) is 20.6 Å². The van der Waals surface area contributed by atoms with Crippen LogP contribution in [0, 0.1) is 0 Å². The summed E-state index contributed by atoms with van der Waals surface area (Å²) in [5.74, 6) is 1.89. The Kier molecular flexibility index (Phi) is 11.3. The molecule has 1 aliphatic rings. The van der Waals surface area contributed by atoms with Crippen LogP contribution in [-0.2, 0) is 15.9 Å². The van der Waals surface area contributed by atoms with E-state index in [2.05, 4.69) is 38.6 Å². The predicted molar refractivity (Wildman–Crippen MR) is 128 cm³/mol. The van der Waals surface area contributed by atoms with Crippen molar-refractivity contribution >= 4 is 41.0 Å². The first-order valence-corrected chi connectivity index (χ1v) is 10.5. The van der Waals surface area contributed by atoms with E-state index >= 15 is 0 Å². The third-order valence-electron chi connectivity index (χ3n) is 4.71. The number of nitrogens with zero attached hydrogens (tertiary/aromatic N) is 2. The van der Waals surface area contributed by atoms with Gasteiger partial charge in [0.2, 0.25) is 0 Å². The van der Waals surface area contributed by atoms with E-state index in [1.807, 2.05) is 18.2 Å². The van der Waals surface area contributed by atoms with E-state index in [4.69, 9.17) is 9.47 Å². The number of fused-ring (bicyclic) bond motifs is 1. The molecule has 1 atom stereocenters. The molecule has 0 spiro atoms. The summed E-state index contributed by atoms with van der Waals surface area (Å²) in [6.07, 6.45) is 5.41. The Morgan fingerprint density at radius 1 is 1.31 bits per heavy atom. The molecule has 1 fully saturated rings. The molecule has 0 bridgehead atoms. The summed E-state index contributed by atoms with van der Waals surface area (Å²) in [6, 6.07) is 8.13. The highest BCUT2D eigenvalue weighted by Gasteiger charge is 2.14. The van der Waals surface area contributed by atoms with Gasteiger partial charge in [-0.1, -0.05) is 12.1 Å². The van der Waals surface area contributed by atoms with E-state index < -0.39 is 0 Å². The van der Waals surface area contributed by atoms with E-state index in [-0.39, 0.29) is 24.0 Å². The summed E-state index contributed by atoms with van der Waals surface area (Å²) in [4.78, 5) is 12.6. The van der Waals surface area contributed by atoms with Crippen LogP contribution in [0.25, 0.3) is 11.0 Å². The van der Waals surface area contributed by atoms with E-state index in [1.165, 1.54) is 0 Å². The number of hydrogen-bond donors (Lipinski definition) is 3. The minimum absolute atomic E-state index is 0. The van der Waals surface area contributed by atoms with E-state index in [1.54, 1.807) is 0 Å². The number of benzene rings is 1. The zero-order valence-electron chi connectivity index (χ0n) is 17.3. The largest absolute Gasteiger partial charge is 0.379 e. The fourth-order valence-corrected chi connectivity index (χ4v) is 3.27. The van der Waals surface area contributed by atoms with Gasteiger partial charge in [-0.3, -0.25) is 4.99 Å². The number of aromatic amines is 1. The van der Waals surface area contributed by atoms with Gasteiger partial charge >= 0.3 is 0 Å². The second kappa shape index (κ2) is 13.8. The number of hydrogen-bond acceptors (Lipinski definition) is 4. The van der Waals surface area contributed by atoms with Gasteiger partial charge in [0, 0.05) is 39.3 Å². The molecule has 3 rings (SSSR count). The number of aliphatic imine (C=N–C) groups is 1. The van der Waals surface area contributed by atoms with Crippen molar-refractivity contribution in [3.63, 3.8) is 0 Å². The maximum atomic E-state index is 5.70. The smallest absolute Gasteiger partial charge is 0.191 e. The lowest BCUT2D eigenvalue weighted by atomic mass is 10.2. The molecule has 1 aliphatic heterocycles. The highest BCUT2D eigenvalue weighted by atomic mass is 127. The Morgan fingerprint density at radius 3 is 3.00 bits per heavy atom. The summed E-state index contributed by atoms with van der Waals surface area (Å²) in [5.41, 5.74) is 2.12. The molecular weight excluding hydrogens is 481 g/mol. The first-order chi connectivity index (χ1) is 13.8. The van der Waals surface area contributed by atoms with Crippen LogP contribution in [0.5, 0.6) is 0 Å². The topological polar surface area (TPSA) is 83.6 Å². The Bertz CT molecular complexity index is 698. The SMILES string of the molecule is CCNC(=NCCCc1nc2ccccc2[nH]1)NCCCOCC1CCCO1.I. The lowest BCUT2D eigenvalue weighted by molar-refractivity contribution is 0.0168. The Hall–Kier alpha value is -1.39. The standard InChI is InChI=1S/C21H33N5O2.HI/c1-2-22-21(24-13-7-14-27-16-17-8-6-15-28-17)23-12-5-11-20-25-18-9-3-4-10-19(18)26-20;/h3-4,9-10,17H,2,5-8,11-16H2,1H3,(H,25,26)(H2,22,23,24);1H. The third kappa shape index (κ3) is 8.47. The van der Waals surface area contributed by atoms with Crippen LogP contribution in [-0.4, -0.2) is 61.5 Å². The van der Waals surface area contributed by atoms with Crippen LogP contribution >= 0.6 is 24.0 Å². The minimum Gasteiger partial charge on any atom is -0.379 e. The van der Waals surface area contributed by atoms with Crippen molar-refractivity contribution in [3.05, 3.63) is 30.1 Å². The van der Waals surface area contributed by atoms with Gasteiger partial charge in [-0.25, -0.2) is 4.98 Å². The van der Waals surface area contributed by atoms with Crippen LogP contribution in [0.3, 0.4) is 0 Å². The lowest BCUT2D eigenvalue weighted by Crippen LogP contribution is -2.38. The zero-order chi connectivity index (χ0) is 19.4. The maximum Gasteiger partial charge on any atom is 0.191 e. The van der Waals surface area contributed by atoms with Gasteiger partial charge in [-0.15, -0.1) is 24.0 Å². The maximum absolute atomic E-state index is 5.70. The summed E-state index contributed by atoms with van der Waals surface area (Å²) in [6.45, 7) is 6.90. The molecule has 3 N–H and O–H groups in total. The van der Waals surface area contributed by atoms with Crippen LogP contribution in [0.15, 0.2) is 29.3 Å². The molecule has 2 aromatic rings. The molecule has 7 nitrogen and oxygen atoms in total. The van der Waals surface area contributed by atoms with Gasteiger partial charge in [0.15, 0.2) is 5.96 Å². The zero-order valence-corrected chi connectivity index (χ0v) is 19.6. The van der Waals surface area contributed by atoms with E-state index in [0.29, 0.717) is 6.10 Å². The molecule has 162 valence electrons. The van der Waals surface area contributed by atoms with Crippen LogP contribution in [0.1, 0.15) is 38.4 Å². The number of rotatable bonds is 11. The molecule has 0 saturated carbocycles. The van der Waals surface area contributed by atoms with Gasteiger partial charge in [0.05, 0.1) is 23.7 Å². The number of para-hydroxylation sites is 2. The molecular formula is C21H34IN5O2. The lowest BCUT2D eigenvalue weighted by Gasteiger charge is -2.12. The highest BCUT2D eigenvalue weighted by molar-refractivity contribution is 14.0. The number of H-pyrrole nitrogens is 1. The molecule has 0 radical (unpaired) electrons. The molecule has 1 aromatic carbocycles. The minimum atomic E-state index is 0. The Morgan fingerprint density at radius 2 is 2.21 bits per heavy atom. The second-order valence-corrected chi connectivity index (χ2v) is 7.06.